The number of aryl methyl sites for hydroxylation is 1. The molecule has 72 heavy (non-hydrogen) atoms. The number of aromatic nitrogens is 6. The molecule has 2 aliphatic rings. The van der Waals surface area contributed by atoms with E-state index in [-0.39, 0.29) is 0 Å². The van der Waals surface area contributed by atoms with E-state index in [1.54, 1.807) is 0 Å². The summed E-state index contributed by atoms with van der Waals surface area (Å²) < 4.78 is 0. The van der Waals surface area contributed by atoms with Crippen LogP contribution in [0, 0.1) is 6.92 Å². The molecule has 0 aliphatic heterocycles. The van der Waals surface area contributed by atoms with Gasteiger partial charge in [-0.3, -0.25) is 0 Å². The molecule has 0 spiro atoms. The standard InChI is InChI=1S/C66H44N6/c1-41-21-19-32-48-50(63-69-59(42-22-7-3-8-23-42)67-60(70-63)43-24-9-4-10-25-43)37-39-55(57(41)48)66-53-35-18-16-31-47(53)46-30-15-17-34-52(46)65(66,2)54-36-20-33-49-51(38-40-56(66)58(49)54)64-71-61(44-26-11-5-12-27-44)68-62(72-64)45-28-13-6-14-29-45/h3-40H,1-2H3. The lowest BCUT2D eigenvalue weighted by Gasteiger charge is -2.52. The molecule has 0 radical (unpaired) electrons. The van der Waals surface area contributed by atoms with Crippen LogP contribution in [-0.2, 0) is 10.8 Å². The number of fused-ring (bicyclic) bond motifs is 9. The fraction of sp³-hybridized carbons (Fsp3) is 0.0606. The predicted molar refractivity (Wildman–Crippen MR) is 290 cm³/mol. The summed E-state index contributed by atoms with van der Waals surface area (Å²) in [7, 11) is 0. The van der Waals surface area contributed by atoms with E-state index in [9.17, 15) is 0 Å². The lowest BCUT2D eigenvalue weighted by Crippen LogP contribution is -2.49. The lowest BCUT2D eigenvalue weighted by atomic mass is 9.49. The minimum atomic E-state index is -0.714. The van der Waals surface area contributed by atoms with Gasteiger partial charge < -0.3 is 0 Å². The molecule has 0 fully saturated rings. The van der Waals surface area contributed by atoms with Crippen molar-refractivity contribution >= 4 is 21.5 Å². The predicted octanol–water partition coefficient (Wildman–Crippen LogP) is 15.3. The highest BCUT2D eigenvalue weighted by Gasteiger charge is 2.62. The first-order chi connectivity index (χ1) is 35.5. The Morgan fingerprint density at radius 3 is 1.11 bits per heavy atom. The van der Waals surface area contributed by atoms with Crippen LogP contribution in [-0.4, -0.2) is 29.9 Å². The van der Waals surface area contributed by atoms with Crippen molar-refractivity contribution in [3.05, 3.63) is 264 Å². The molecule has 6 heteroatoms. The van der Waals surface area contributed by atoms with Crippen molar-refractivity contribution in [1.29, 1.82) is 0 Å². The quantitative estimate of drug-likeness (QED) is 0.158. The van der Waals surface area contributed by atoms with Gasteiger partial charge in [-0.2, -0.15) is 0 Å². The minimum absolute atomic E-state index is 0.591. The number of rotatable bonds is 7. The molecule has 2 unspecified atom stereocenters. The van der Waals surface area contributed by atoms with Gasteiger partial charge in [0.05, 0.1) is 5.41 Å². The molecule has 0 N–H and O–H groups in total. The maximum absolute atomic E-state index is 5.29. The first-order valence-electron chi connectivity index (χ1n) is 24.5. The highest BCUT2D eigenvalue weighted by molar-refractivity contribution is 6.09. The molecule has 2 atom stereocenters. The van der Waals surface area contributed by atoms with Crippen LogP contribution in [0.1, 0.15) is 40.3 Å². The molecule has 0 bridgehead atoms. The second-order valence-electron chi connectivity index (χ2n) is 19.1. The maximum atomic E-state index is 5.29. The molecule has 2 aromatic heterocycles. The third-order valence-electron chi connectivity index (χ3n) is 15.4. The molecular formula is C66H44N6. The van der Waals surface area contributed by atoms with Crippen LogP contribution in [0.3, 0.4) is 0 Å². The first kappa shape index (κ1) is 41.7. The smallest absolute Gasteiger partial charge is 0.164 e. The third-order valence-corrected chi connectivity index (χ3v) is 15.4. The van der Waals surface area contributed by atoms with Crippen molar-refractivity contribution in [3.8, 4) is 79.5 Å². The Kier molecular flexibility index (Phi) is 9.35. The van der Waals surface area contributed by atoms with Gasteiger partial charge in [0.2, 0.25) is 0 Å². The summed E-state index contributed by atoms with van der Waals surface area (Å²) in [6, 6.07) is 81.8. The van der Waals surface area contributed by atoms with Gasteiger partial charge in [-0.25, -0.2) is 29.9 Å². The molecule has 338 valence electrons. The fourth-order valence-corrected chi connectivity index (χ4v) is 12.3. The zero-order valence-electron chi connectivity index (χ0n) is 39.6. The molecule has 6 nitrogen and oxygen atoms in total. The summed E-state index contributed by atoms with van der Waals surface area (Å²) in [6.07, 6.45) is 0. The van der Waals surface area contributed by atoms with Crippen molar-refractivity contribution in [2.24, 2.45) is 0 Å². The highest BCUT2D eigenvalue weighted by atomic mass is 15.0. The Morgan fingerprint density at radius 1 is 0.264 bits per heavy atom. The van der Waals surface area contributed by atoms with E-state index in [1.807, 2.05) is 72.8 Å². The molecule has 0 saturated carbocycles. The average molecular weight is 921 g/mol. The third kappa shape index (κ3) is 6.02. The second-order valence-corrected chi connectivity index (χ2v) is 19.1. The Balaban J connectivity index is 1.07. The van der Waals surface area contributed by atoms with E-state index < -0.39 is 10.8 Å². The summed E-state index contributed by atoms with van der Waals surface area (Å²) in [4.78, 5) is 31.3. The van der Waals surface area contributed by atoms with Crippen LogP contribution < -0.4 is 0 Å². The molecular weight excluding hydrogens is 877 g/mol. The van der Waals surface area contributed by atoms with Gasteiger partial charge >= 0.3 is 0 Å². The van der Waals surface area contributed by atoms with E-state index in [0.29, 0.717) is 34.9 Å². The zero-order valence-corrected chi connectivity index (χ0v) is 39.6. The van der Waals surface area contributed by atoms with Crippen LogP contribution in [0.25, 0.3) is 101 Å². The van der Waals surface area contributed by atoms with Gasteiger partial charge in [0.25, 0.3) is 0 Å². The molecule has 2 aliphatic carbocycles. The van der Waals surface area contributed by atoms with Crippen molar-refractivity contribution in [2.75, 3.05) is 0 Å². The summed E-state index contributed by atoms with van der Waals surface area (Å²) >= 11 is 0. The number of benzene rings is 10. The number of hydrogen-bond donors (Lipinski definition) is 0. The molecule has 2 heterocycles. The molecule has 0 amide bonds. The van der Waals surface area contributed by atoms with Gasteiger partial charge in [-0.1, -0.05) is 231 Å². The van der Waals surface area contributed by atoms with Gasteiger partial charge in [-0.05, 0) is 79.9 Å². The van der Waals surface area contributed by atoms with Crippen molar-refractivity contribution in [3.63, 3.8) is 0 Å². The number of nitrogens with zero attached hydrogens (tertiary/aromatic N) is 6. The Hall–Kier alpha value is -9.26. The summed E-state index contributed by atoms with van der Waals surface area (Å²) in [5, 5.41) is 4.58. The SMILES string of the molecule is Cc1cccc2c(-c3nc(-c4ccccc4)nc(-c4ccccc4)n3)ccc(C34c5ccccc5-c5ccccc5C3(C)c3cccc5c(-c6nc(-c7ccccc7)nc(-c7ccccc7)n6)ccc4c35)c12. The van der Waals surface area contributed by atoms with E-state index >= 15 is 0 Å². The van der Waals surface area contributed by atoms with Crippen LogP contribution in [0.2, 0.25) is 0 Å². The van der Waals surface area contributed by atoms with E-state index in [1.165, 1.54) is 55.3 Å². The minimum Gasteiger partial charge on any atom is -0.208 e. The van der Waals surface area contributed by atoms with Gasteiger partial charge in [0, 0.05) is 38.8 Å². The van der Waals surface area contributed by atoms with Crippen molar-refractivity contribution in [1.82, 2.24) is 29.9 Å². The molecule has 14 rings (SSSR count). The van der Waals surface area contributed by atoms with E-state index in [4.69, 9.17) is 29.9 Å². The van der Waals surface area contributed by atoms with Crippen LogP contribution >= 0.6 is 0 Å². The normalized spacial score (nSPS) is 16.3. The van der Waals surface area contributed by atoms with Gasteiger partial charge in [0.15, 0.2) is 34.9 Å². The Labute approximate surface area is 417 Å². The topological polar surface area (TPSA) is 77.3 Å². The maximum Gasteiger partial charge on any atom is 0.164 e. The largest absolute Gasteiger partial charge is 0.208 e. The van der Waals surface area contributed by atoms with Crippen molar-refractivity contribution < 1.29 is 0 Å². The zero-order chi connectivity index (χ0) is 48.0. The van der Waals surface area contributed by atoms with Gasteiger partial charge in [-0.15, -0.1) is 0 Å². The highest BCUT2D eigenvalue weighted by Crippen LogP contribution is 2.69. The first-order valence-corrected chi connectivity index (χ1v) is 24.5. The van der Waals surface area contributed by atoms with Crippen LogP contribution in [0.5, 0.6) is 0 Å². The summed E-state index contributed by atoms with van der Waals surface area (Å²) in [5.74, 6) is 3.79. The monoisotopic (exact) mass is 920 g/mol. The second kappa shape index (κ2) is 16.2. The lowest BCUT2D eigenvalue weighted by molar-refractivity contribution is 0.408. The molecule has 10 aromatic carbocycles. The fourth-order valence-electron chi connectivity index (χ4n) is 12.3. The summed E-state index contributed by atoms with van der Waals surface area (Å²) in [6.45, 7) is 4.74. The van der Waals surface area contributed by atoms with Gasteiger partial charge in [0.1, 0.15) is 0 Å². The van der Waals surface area contributed by atoms with Crippen LogP contribution in [0.4, 0.5) is 0 Å². The molecule has 12 aromatic rings. The van der Waals surface area contributed by atoms with Crippen LogP contribution in [0.15, 0.2) is 231 Å². The Morgan fingerprint density at radius 2 is 0.625 bits per heavy atom. The molecule has 0 saturated heterocycles. The number of hydrogen-bond acceptors (Lipinski definition) is 6. The summed E-state index contributed by atoms with van der Waals surface area (Å²) in [5.41, 5.74) is 14.3. The van der Waals surface area contributed by atoms with Crippen molar-refractivity contribution in [2.45, 2.75) is 24.7 Å². The Bertz CT molecular complexity index is 4010. The van der Waals surface area contributed by atoms with E-state index in [2.05, 4.69) is 172 Å². The van der Waals surface area contributed by atoms with E-state index in [0.717, 1.165) is 44.2 Å². The average Bonchev–Trinajstić information content (AvgIpc) is 3.71.